The van der Waals surface area contributed by atoms with Crippen LogP contribution in [0.1, 0.15) is 6.42 Å². The quantitative estimate of drug-likeness (QED) is 0.886. The second-order valence-electron chi connectivity index (χ2n) is 4.08. The summed E-state index contributed by atoms with van der Waals surface area (Å²) in [5.41, 5.74) is 0.501. The Labute approximate surface area is 119 Å². The van der Waals surface area contributed by atoms with Gasteiger partial charge in [-0.1, -0.05) is 11.6 Å². The smallest absolute Gasteiger partial charge is 0.324 e. The largest absolute Gasteiger partial charge is 0.481 e. The number of hydrogen-bond donors (Lipinski definition) is 2. The van der Waals surface area contributed by atoms with Gasteiger partial charge in [0, 0.05) is 30.9 Å². The summed E-state index contributed by atoms with van der Waals surface area (Å²) in [6.45, 7) is 0.0976. The van der Waals surface area contributed by atoms with E-state index in [1.807, 2.05) is 0 Å². The fraction of sp³-hybridized carbons (Fsp3) is 0.273. The number of carboxylic acid groups (broad SMARTS) is 1. The van der Waals surface area contributed by atoms with E-state index in [0.717, 1.165) is 0 Å². The molecule has 0 aliphatic carbocycles. The maximum atomic E-state index is 11.8. The van der Waals surface area contributed by atoms with Crippen LogP contribution in [-0.2, 0) is 4.79 Å². The number of urea groups is 1. The van der Waals surface area contributed by atoms with E-state index < -0.39 is 12.0 Å². The van der Waals surface area contributed by atoms with Gasteiger partial charge in [-0.3, -0.25) is 10.1 Å². The summed E-state index contributed by atoms with van der Waals surface area (Å²) < 4.78 is 1.47. The molecule has 0 atom stereocenters. The van der Waals surface area contributed by atoms with E-state index in [-0.39, 0.29) is 18.9 Å². The summed E-state index contributed by atoms with van der Waals surface area (Å²) in [5, 5.41) is 15.6. The Morgan fingerprint density at radius 2 is 2.30 bits per heavy atom. The van der Waals surface area contributed by atoms with Gasteiger partial charge in [-0.15, -0.1) is 5.10 Å². The van der Waals surface area contributed by atoms with Gasteiger partial charge in [0.25, 0.3) is 5.95 Å². The third kappa shape index (κ3) is 3.35. The molecule has 0 bridgehead atoms. The number of nitrogens with one attached hydrogen (secondary N) is 1. The number of carbonyl (C=O) groups excluding carboxylic acids is 1. The molecular formula is C11H12ClN5O3. The Kier molecular flexibility index (Phi) is 4.04. The fourth-order valence-corrected chi connectivity index (χ4v) is 1.62. The molecule has 0 aromatic carbocycles. The van der Waals surface area contributed by atoms with Crippen molar-refractivity contribution in [3.05, 3.63) is 23.4 Å². The van der Waals surface area contributed by atoms with Crippen molar-refractivity contribution in [2.75, 3.05) is 18.9 Å². The first-order chi connectivity index (χ1) is 9.45. The number of aromatic nitrogens is 3. The van der Waals surface area contributed by atoms with E-state index in [9.17, 15) is 9.59 Å². The third-order valence-corrected chi connectivity index (χ3v) is 2.76. The minimum atomic E-state index is -0.967. The lowest BCUT2D eigenvalue weighted by molar-refractivity contribution is -0.137. The van der Waals surface area contributed by atoms with Gasteiger partial charge in [0.2, 0.25) is 0 Å². The zero-order chi connectivity index (χ0) is 14.7. The average molecular weight is 298 g/mol. The highest BCUT2D eigenvalue weighted by molar-refractivity contribution is 6.30. The van der Waals surface area contributed by atoms with E-state index in [1.165, 1.54) is 16.5 Å². The summed E-state index contributed by atoms with van der Waals surface area (Å²) in [4.78, 5) is 27.5. The number of halogens is 1. The Balaban J connectivity index is 2.04. The van der Waals surface area contributed by atoms with Gasteiger partial charge in [-0.05, 0) is 6.07 Å². The lowest BCUT2D eigenvalue weighted by Crippen LogP contribution is -2.33. The van der Waals surface area contributed by atoms with Crippen molar-refractivity contribution in [3.63, 3.8) is 0 Å². The number of nitrogens with zero attached hydrogens (tertiary/aromatic N) is 4. The van der Waals surface area contributed by atoms with Crippen molar-refractivity contribution in [2.45, 2.75) is 6.42 Å². The molecule has 2 aromatic heterocycles. The molecule has 0 fully saturated rings. The molecule has 0 saturated carbocycles. The van der Waals surface area contributed by atoms with Crippen LogP contribution >= 0.6 is 11.6 Å². The molecule has 0 spiro atoms. The summed E-state index contributed by atoms with van der Waals surface area (Å²) in [6, 6.07) is 2.78. The highest BCUT2D eigenvalue weighted by Crippen LogP contribution is 2.12. The number of fused-ring (bicyclic) bond motifs is 1. The third-order valence-electron chi connectivity index (χ3n) is 2.53. The number of carbonyl (C=O) groups is 2. The van der Waals surface area contributed by atoms with Gasteiger partial charge in [0.05, 0.1) is 6.42 Å². The number of hydrogen-bond acceptors (Lipinski definition) is 4. The molecular weight excluding hydrogens is 286 g/mol. The van der Waals surface area contributed by atoms with E-state index in [1.54, 1.807) is 18.3 Å². The van der Waals surface area contributed by atoms with Crippen molar-refractivity contribution < 1.29 is 14.7 Å². The van der Waals surface area contributed by atoms with Crippen LogP contribution in [0, 0.1) is 0 Å². The van der Waals surface area contributed by atoms with Crippen LogP contribution in [0.5, 0.6) is 0 Å². The lowest BCUT2D eigenvalue weighted by Gasteiger charge is -2.15. The maximum absolute atomic E-state index is 11.8. The van der Waals surface area contributed by atoms with Crippen molar-refractivity contribution >= 4 is 35.2 Å². The minimum absolute atomic E-state index is 0.0976. The first-order valence-electron chi connectivity index (χ1n) is 5.71. The van der Waals surface area contributed by atoms with E-state index in [2.05, 4.69) is 15.4 Å². The highest BCUT2D eigenvalue weighted by atomic mass is 35.5. The molecule has 2 N–H and O–H groups in total. The molecule has 0 unspecified atom stereocenters. The molecule has 0 radical (unpaired) electrons. The number of rotatable bonds is 4. The summed E-state index contributed by atoms with van der Waals surface area (Å²) in [7, 11) is 1.49. The Morgan fingerprint density at radius 1 is 1.55 bits per heavy atom. The average Bonchev–Trinajstić information content (AvgIpc) is 2.76. The van der Waals surface area contributed by atoms with Crippen LogP contribution in [0.2, 0.25) is 5.02 Å². The van der Waals surface area contributed by atoms with Crippen LogP contribution in [0.15, 0.2) is 18.3 Å². The standard InChI is InChI=1S/C11H12ClN5O3/c1-16(4-3-9(18)19)11(20)14-10-13-8-6-7(12)2-5-17(8)15-10/h2,5-6H,3-4H2,1H3,(H,18,19)(H,14,15,20). The topological polar surface area (TPSA) is 99.8 Å². The molecule has 106 valence electrons. The number of carboxylic acids is 1. The zero-order valence-electron chi connectivity index (χ0n) is 10.6. The predicted molar refractivity (Wildman–Crippen MR) is 71.9 cm³/mol. The zero-order valence-corrected chi connectivity index (χ0v) is 11.3. The van der Waals surface area contributed by atoms with E-state index >= 15 is 0 Å². The fourth-order valence-electron chi connectivity index (χ4n) is 1.47. The molecule has 0 aliphatic heterocycles. The highest BCUT2D eigenvalue weighted by Gasteiger charge is 2.13. The molecule has 2 heterocycles. The van der Waals surface area contributed by atoms with Crippen LogP contribution in [0.25, 0.3) is 5.65 Å². The monoisotopic (exact) mass is 297 g/mol. The Morgan fingerprint density at radius 3 is 3.00 bits per heavy atom. The van der Waals surface area contributed by atoms with Crippen molar-refractivity contribution in [1.29, 1.82) is 0 Å². The summed E-state index contributed by atoms with van der Waals surface area (Å²) >= 11 is 5.82. The van der Waals surface area contributed by atoms with Gasteiger partial charge < -0.3 is 10.0 Å². The van der Waals surface area contributed by atoms with Gasteiger partial charge >= 0.3 is 12.0 Å². The lowest BCUT2D eigenvalue weighted by atomic mass is 10.4. The van der Waals surface area contributed by atoms with Gasteiger partial charge in [-0.25, -0.2) is 9.31 Å². The van der Waals surface area contributed by atoms with Crippen LogP contribution in [0.4, 0.5) is 10.7 Å². The Hall–Kier alpha value is -2.35. The molecule has 0 aliphatic rings. The SMILES string of the molecule is CN(CCC(=O)O)C(=O)Nc1nc2cc(Cl)ccn2n1. The van der Waals surface area contributed by atoms with Crippen molar-refractivity contribution in [1.82, 2.24) is 19.5 Å². The van der Waals surface area contributed by atoms with Gasteiger partial charge in [0.1, 0.15) is 0 Å². The van der Waals surface area contributed by atoms with Gasteiger partial charge in [0.15, 0.2) is 5.65 Å². The first kappa shape index (κ1) is 14.1. The second kappa shape index (κ2) is 5.74. The molecule has 2 aromatic rings. The first-order valence-corrected chi connectivity index (χ1v) is 6.09. The number of amides is 2. The second-order valence-corrected chi connectivity index (χ2v) is 4.52. The van der Waals surface area contributed by atoms with Gasteiger partial charge in [-0.2, -0.15) is 4.98 Å². The number of pyridine rings is 1. The normalized spacial score (nSPS) is 10.5. The molecule has 8 nitrogen and oxygen atoms in total. The summed E-state index contributed by atoms with van der Waals surface area (Å²) in [5.74, 6) is -0.843. The molecule has 20 heavy (non-hydrogen) atoms. The maximum Gasteiger partial charge on any atom is 0.324 e. The molecule has 9 heteroatoms. The Bertz CT molecular complexity index is 657. The van der Waals surface area contributed by atoms with Crippen LogP contribution < -0.4 is 5.32 Å². The predicted octanol–water partition coefficient (Wildman–Crippen LogP) is 1.32. The van der Waals surface area contributed by atoms with E-state index in [4.69, 9.17) is 16.7 Å². The molecule has 0 saturated heterocycles. The molecule has 2 rings (SSSR count). The van der Waals surface area contributed by atoms with Crippen LogP contribution in [-0.4, -0.2) is 50.2 Å². The van der Waals surface area contributed by atoms with Crippen LogP contribution in [0.3, 0.4) is 0 Å². The summed E-state index contributed by atoms with van der Waals surface area (Å²) in [6.07, 6.45) is 1.49. The minimum Gasteiger partial charge on any atom is -0.481 e. The number of aliphatic carboxylic acids is 1. The van der Waals surface area contributed by atoms with E-state index in [0.29, 0.717) is 10.7 Å². The number of anilines is 1. The van der Waals surface area contributed by atoms with Crippen molar-refractivity contribution in [2.24, 2.45) is 0 Å². The molecule has 2 amide bonds. The van der Waals surface area contributed by atoms with Crippen molar-refractivity contribution in [3.8, 4) is 0 Å².